The van der Waals surface area contributed by atoms with Crippen molar-refractivity contribution in [3.63, 3.8) is 0 Å². The van der Waals surface area contributed by atoms with Gasteiger partial charge in [0.25, 0.3) is 0 Å². The molecule has 0 bridgehead atoms. The van der Waals surface area contributed by atoms with E-state index in [2.05, 4.69) is 4.99 Å². The SMILES string of the molecule is CCOC(=O)C1=C(C)N=C(C)C(C(=O)OCC)C1c1ccc[n+]([O-])c1S(C)(=O)=O. The Kier molecular flexibility index (Phi) is 6.78. The van der Waals surface area contributed by atoms with Gasteiger partial charge in [0.1, 0.15) is 5.92 Å². The molecule has 0 spiro atoms. The molecule has 0 saturated carbocycles. The number of carbonyl (C=O) groups excluding carboxylic acids is 2. The van der Waals surface area contributed by atoms with E-state index >= 15 is 0 Å². The third kappa shape index (κ3) is 4.47. The van der Waals surface area contributed by atoms with Crippen LogP contribution in [-0.2, 0) is 28.9 Å². The molecule has 0 fully saturated rings. The maximum Gasteiger partial charge on any atom is 0.336 e. The molecular weight excluding hydrogens is 400 g/mol. The van der Waals surface area contributed by atoms with Crippen LogP contribution >= 0.6 is 0 Å². The van der Waals surface area contributed by atoms with Crippen molar-refractivity contribution in [2.45, 2.75) is 38.6 Å². The summed E-state index contributed by atoms with van der Waals surface area (Å²) in [4.78, 5) is 29.8. The van der Waals surface area contributed by atoms with E-state index in [0.29, 0.717) is 5.71 Å². The van der Waals surface area contributed by atoms with E-state index in [4.69, 9.17) is 9.47 Å². The Morgan fingerprint density at radius 2 is 1.83 bits per heavy atom. The molecular formula is C19H24N2O7S. The standard InChI is InChI=1S/C19H24N2O7S/c1-6-27-18(22)14-11(3)20-12(4)15(19(23)28-7-2)16(14)13-9-8-10-21(24)17(13)29(5,25)26/h8-10,14,16H,6-7H2,1-5H3. The van der Waals surface area contributed by atoms with Gasteiger partial charge in [-0.15, -0.1) is 0 Å². The van der Waals surface area contributed by atoms with Crippen LogP contribution in [0.2, 0.25) is 0 Å². The molecule has 1 aromatic rings. The van der Waals surface area contributed by atoms with E-state index in [9.17, 15) is 23.2 Å². The molecule has 0 aromatic carbocycles. The smallest absolute Gasteiger partial charge is 0.336 e. The highest BCUT2D eigenvalue weighted by Crippen LogP contribution is 2.41. The molecule has 29 heavy (non-hydrogen) atoms. The summed E-state index contributed by atoms with van der Waals surface area (Å²) in [6.45, 7) is 6.57. The number of pyridine rings is 1. The zero-order valence-corrected chi connectivity index (χ0v) is 17.8. The maximum absolute atomic E-state index is 12.8. The first kappa shape index (κ1) is 22.5. The molecule has 9 nitrogen and oxygen atoms in total. The van der Waals surface area contributed by atoms with Crippen molar-refractivity contribution in [2.24, 2.45) is 10.9 Å². The summed E-state index contributed by atoms with van der Waals surface area (Å²) < 4.78 is 35.3. The fraction of sp³-hybridized carbons (Fsp3) is 0.474. The number of ether oxygens (including phenoxy) is 2. The van der Waals surface area contributed by atoms with Gasteiger partial charge in [-0.05, 0) is 33.8 Å². The van der Waals surface area contributed by atoms with Crippen LogP contribution in [0.5, 0.6) is 0 Å². The fourth-order valence-corrected chi connectivity index (χ4v) is 4.50. The van der Waals surface area contributed by atoms with Gasteiger partial charge in [-0.2, -0.15) is 4.73 Å². The number of hydrogen-bond acceptors (Lipinski definition) is 8. The fourth-order valence-electron chi connectivity index (χ4n) is 3.49. The van der Waals surface area contributed by atoms with Gasteiger partial charge >= 0.3 is 17.0 Å². The summed E-state index contributed by atoms with van der Waals surface area (Å²) >= 11 is 0. The predicted molar refractivity (Wildman–Crippen MR) is 104 cm³/mol. The molecule has 2 atom stereocenters. The lowest BCUT2D eigenvalue weighted by Gasteiger charge is -2.31. The number of aromatic nitrogens is 1. The van der Waals surface area contributed by atoms with Crippen molar-refractivity contribution >= 4 is 27.5 Å². The van der Waals surface area contributed by atoms with Gasteiger partial charge in [-0.3, -0.25) is 9.79 Å². The van der Waals surface area contributed by atoms with Gasteiger partial charge in [-0.25, -0.2) is 13.2 Å². The molecule has 0 saturated heterocycles. The lowest BCUT2D eigenvalue weighted by molar-refractivity contribution is -0.647. The number of carbonyl (C=O) groups is 2. The van der Waals surface area contributed by atoms with E-state index in [1.54, 1.807) is 27.7 Å². The summed E-state index contributed by atoms with van der Waals surface area (Å²) in [6, 6.07) is 2.77. The van der Waals surface area contributed by atoms with Crippen molar-refractivity contribution in [1.29, 1.82) is 0 Å². The highest BCUT2D eigenvalue weighted by Gasteiger charge is 2.46. The number of aliphatic imine (C=N–C) groups is 1. The lowest BCUT2D eigenvalue weighted by Crippen LogP contribution is -2.41. The molecule has 1 aliphatic heterocycles. The van der Waals surface area contributed by atoms with Gasteiger partial charge in [0.05, 0.1) is 18.8 Å². The zero-order valence-electron chi connectivity index (χ0n) is 17.0. The quantitative estimate of drug-likeness (QED) is 0.383. The molecule has 1 aliphatic rings. The van der Waals surface area contributed by atoms with Gasteiger partial charge in [-0.1, -0.05) is 0 Å². The second kappa shape index (κ2) is 8.73. The number of sulfone groups is 1. The monoisotopic (exact) mass is 424 g/mol. The number of nitrogens with zero attached hydrogens (tertiary/aromatic N) is 2. The van der Waals surface area contributed by atoms with Crippen LogP contribution in [0.15, 0.2) is 39.6 Å². The van der Waals surface area contributed by atoms with Gasteiger partial charge in [0.2, 0.25) is 9.84 Å². The first-order chi connectivity index (χ1) is 13.5. The summed E-state index contributed by atoms with van der Waals surface area (Å²) in [5, 5.41) is 11.8. The first-order valence-electron chi connectivity index (χ1n) is 9.06. The van der Waals surface area contributed by atoms with Crippen LogP contribution in [0.1, 0.15) is 39.2 Å². The molecule has 1 aromatic heterocycles. The largest absolute Gasteiger partial charge is 0.618 e. The van der Waals surface area contributed by atoms with Gasteiger partial charge in [0.15, 0.2) is 6.20 Å². The Morgan fingerprint density at radius 3 is 2.38 bits per heavy atom. The summed E-state index contributed by atoms with van der Waals surface area (Å²) in [5.41, 5.74) is 0.665. The van der Waals surface area contributed by atoms with Crippen molar-refractivity contribution < 1.29 is 32.2 Å². The topological polar surface area (TPSA) is 126 Å². The Morgan fingerprint density at radius 1 is 1.21 bits per heavy atom. The Hall–Kier alpha value is -2.75. The molecule has 0 amide bonds. The van der Waals surface area contributed by atoms with Crippen molar-refractivity contribution in [3.8, 4) is 0 Å². The maximum atomic E-state index is 12.8. The van der Waals surface area contributed by atoms with E-state index in [-0.39, 0.29) is 34.8 Å². The molecule has 0 radical (unpaired) electrons. The molecule has 2 rings (SSSR count). The molecule has 10 heteroatoms. The highest BCUT2D eigenvalue weighted by molar-refractivity contribution is 7.90. The van der Waals surface area contributed by atoms with Crippen molar-refractivity contribution in [3.05, 3.63) is 40.4 Å². The number of esters is 2. The Balaban J connectivity index is 2.87. The van der Waals surface area contributed by atoms with Crippen molar-refractivity contribution in [1.82, 2.24) is 0 Å². The van der Waals surface area contributed by atoms with Gasteiger partial charge in [0, 0.05) is 35.2 Å². The Bertz CT molecular complexity index is 996. The van der Waals surface area contributed by atoms with Crippen LogP contribution in [0.4, 0.5) is 0 Å². The number of allylic oxidation sites excluding steroid dienone is 1. The average Bonchev–Trinajstić information content (AvgIpc) is 2.59. The van der Waals surface area contributed by atoms with Crippen LogP contribution < -0.4 is 4.73 Å². The van der Waals surface area contributed by atoms with Crippen molar-refractivity contribution in [2.75, 3.05) is 19.5 Å². The molecule has 2 heterocycles. The lowest BCUT2D eigenvalue weighted by atomic mass is 9.76. The van der Waals surface area contributed by atoms with Crippen LogP contribution in [0.25, 0.3) is 0 Å². The minimum atomic E-state index is -3.99. The summed E-state index contributed by atoms with van der Waals surface area (Å²) in [5.74, 6) is -3.59. The van der Waals surface area contributed by atoms with Gasteiger partial charge < -0.3 is 14.7 Å². The summed E-state index contributed by atoms with van der Waals surface area (Å²) in [7, 11) is -3.99. The highest BCUT2D eigenvalue weighted by atomic mass is 32.2. The van der Waals surface area contributed by atoms with Crippen LogP contribution in [-0.4, -0.2) is 45.5 Å². The average molecular weight is 424 g/mol. The minimum Gasteiger partial charge on any atom is -0.618 e. The van der Waals surface area contributed by atoms with E-state index in [0.717, 1.165) is 12.5 Å². The zero-order chi connectivity index (χ0) is 21.9. The molecule has 158 valence electrons. The third-order valence-corrected chi connectivity index (χ3v) is 5.61. The van der Waals surface area contributed by atoms with E-state index in [1.165, 1.54) is 12.1 Å². The number of rotatable bonds is 6. The normalized spacial score (nSPS) is 19.6. The molecule has 0 aliphatic carbocycles. The summed E-state index contributed by atoms with van der Waals surface area (Å²) in [6.07, 6.45) is 1.94. The molecule has 0 N–H and O–H groups in total. The minimum absolute atomic E-state index is 0.0136. The number of hydrogen-bond donors (Lipinski definition) is 0. The third-order valence-electron chi connectivity index (χ3n) is 4.49. The van der Waals surface area contributed by atoms with E-state index in [1.807, 2.05) is 0 Å². The first-order valence-corrected chi connectivity index (χ1v) is 11.0. The second-order valence-corrected chi connectivity index (χ2v) is 8.48. The van der Waals surface area contributed by atoms with E-state index < -0.39 is 38.6 Å². The second-order valence-electron chi connectivity index (χ2n) is 6.55. The van der Waals surface area contributed by atoms with Crippen LogP contribution in [0, 0.1) is 11.1 Å². The molecule has 2 unspecified atom stereocenters. The van der Waals surface area contributed by atoms with Crippen LogP contribution in [0.3, 0.4) is 0 Å². The predicted octanol–water partition coefficient (Wildman–Crippen LogP) is 1.30. The Labute approximate surface area is 169 Å².